The number of aliphatic carboxylic acids is 1. The molecule has 7 heteroatoms. The summed E-state index contributed by atoms with van der Waals surface area (Å²) in [5.41, 5.74) is 3.24. The summed E-state index contributed by atoms with van der Waals surface area (Å²) in [5.74, 6) is -1.48. The highest BCUT2D eigenvalue weighted by Crippen LogP contribution is 2.39. The van der Waals surface area contributed by atoms with Crippen LogP contribution in [0.2, 0.25) is 0 Å². The SMILES string of the molecule is CC1(C)CC=C(c2cc(C(O)C(=O)O)ccc2CC(=O)c2ncc(C#N)[nH]2)CC1. The van der Waals surface area contributed by atoms with Crippen LogP contribution in [-0.4, -0.2) is 31.9 Å². The number of carbonyl (C=O) groups is 2. The molecule has 2 aromatic rings. The Balaban J connectivity index is 1.97. The van der Waals surface area contributed by atoms with E-state index in [1.165, 1.54) is 12.3 Å². The molecule has 0 saturated carbocycles. The minimum atomic E-state index is -1.62. The van der Waals surface area contributed by atoms with Gasteiger partial charge in [-0.15, -0.1) is 0 Å². The van der Waals surface area contributed by atoms with E-state index < -0.39 is 12.1 Å². The summed E-state index contributed by atoms with van der Waals surface area (Å²) in [6.07, 6.45) is 4.53. The zero-order chi connectivity index (χ0) is 21.2. The third-order valence-corrected chi connectivity index (χ3v) is 5.31. The second-order valence-electron chi connectivity index (χ2n) is 8.11. The van der Waals surface area contributed by atoms with Crippen LogP contribution >= 0.6 is 0 Å². The van der Waals surface area contributed by atoms with Gasteiger partial charge in [0.15, 0.2) is 11.9 Å². The summed E-state index contributed by atoms with van der Waals surface area (Å²) < 4.78 is 0. The first-order chi connectivity index (χ1) is 13.7. The monoisotopic (exact) mass is 393 g/mol. The first-order valence-electron chi connectivity index (χ1n) is 9.41. The number of aromatic nitrogens is 2. The minimum absolute atomic E-state index is 0.0535. The first kappa shape index (κ1) is 20.5. The maximum absolute atomic E-state index is 12.6. The number of carboxylic acids is 1. The Morgan fingerprint density at radius 3 is 2.72 bits per heavy atom. The largest absolute Gasteiger partial charge is 0.479 e. The number of allylic oxidation sites excluding steroid dienone is 2. The van der Waals surface area contributed by atoms with Gasteiger partial charge in [0.25, 0.3) is 0 Å². The number of aromatic amines is 1. The zero-order valence-electron chi connectivity index (χ0n) is 16.4. The number of nitrogens with one attached hydrogen (secondary N) is 1. The predicted molar refractivity (Wildman–Crippen MR) is 106 cm³/mol. The van der Waals surface area contributed by atoms with Crippen molar-refractivity contribution < 1.29 is 19.8 Å². The van der Waals surface area contributed by atoms with Gasteiger partial charge in [-0.1, -0.05) is 32.1 Å². The molecular weight excluding hydrogens is 370 g/mol. The van der Waals surface area contributed by atoms with Crippen molar-refractivity contribution in [1.82, 2.24) is 9.97 Å². The average molecular weight is 393 g/mol. The molecular formula is C22H23N3O4. The number of hydrogen-bond acceptors (Lipinski definition) is 5. The fraction of sp³-hybridized carbons (Fsp3) is 0.364. The number of benzene rings is 1. The fourth-order valence-corrected chi connectivity index (χ4v) is 3.46. The lowest BCUT2D eigenvalue weighted by molar-refractivity contribution is -0.146. The molecule has 0 aliphatic heterocycles. The quantitative estimate of drug-likeness (QED) is 0.645. The Morgan fingerprint density at radius 1 is 1.38 bits per heavy atom. The second-order valence-corrected chi connectivity index (χ2v) is 8.11. The minimum Gasteiger partial charge on any atom is -0.479 e. The molecule has 3 N–H and O–H groups in total. The number of carbonyl (C=O) groups excluding carboxylic acids is 1. The van der Waals surface area contributed by atoms with E-state index in [1.807, 2.05) is 6.07 Å². The molecule has 1 aromatic heterocycles. The summed E-state index contributed by atoms with van der Waals surface area (Å²) in [6.45, 7) is 4.39. The van der Waals surface area contributed by atoms with Gasteiger partial charge < -0.3 is 15.2 Å². The number of rotatable bonds is 6. The number of H-pyrrole nitrogens is 1. The molecule has 1 aliphatic rings. The van der Waals surface area contributed by atoms with Gasteiger partial charge in [-0.05, 0) is 53.0 Å². The van der Waals surface area contributed by atoms with E-state index in [1.54, 1.807) is 12.1 Å². The number of aliphatic hydroxyl groups is 1. The topological polar surface area (TPSA) is 127 Å². The van der Waals surface area contributed by atoms with E-state index >= 15 is 0 Å². The number of nitriles is 1. The lowest BCUT2D eigenvalue weighted by Crippen LogP contribution is -2.16. The summed E-state index contributed by atoms with van der Waals surface area (Å²) in [6, 6.07) is 6.78. The van der Waals surface area contributed by atoms with Crippen LogP contribution in [0.3, 0.4) is 0 Å². The number of Topliss-reactive ketones (excluding diaryl/α,β-unsaturated/α-hetero) is 1. The normalized spacial score (nSPS) is 16.6. The summed E-state index contributed by atoms with van der Waals surface area (Å²) in [4.78, 5) is 30.5. The van der Waals surface area contributed by atoms with Crippen molar-refractivity contribution in [2.75, 3.05) is 0 Å². The van der Waals surface area contributed by atoms with Crippen LogP contribution in [0.4, 0.5) is 0 Å². The number of imidazole rings is 1. The van der Waals surface area contributed by atoms with E-state index in [4.69, 9.17) is 10.4 Å². The third-order valence-electron chi connectivity index (χ3n) is 5.31. The molecule has 1 aromatic carbocycles. The standard InChI is InChI=1S/C22H23N3O4/c1-22(2)7-5-13(6-8-22)17-9-15(19(27)21(28)29)4-3-14(17)10-18(26)20-24-12-16(11-23)25-20/h3-5,9,12,19,27H,6-8,10H2,1-2H3,(H,24,25)(H,28,29). The molecule has 7 nitrogen and oxygen atoms in total. The smallest absolute Gasteiger partial charge is 0.337 e. The second kappa shape index (κ2) is 8.02. The number of aliphatic hydroxyl groups excluding tert-OH is 1. The Kier molecular flexibility index (Phi) is 5.66. The van der Waals surface area contributed by atoms with Crippen molar-refractivity contribution >= 4 is 17.3 Å². The molecule has 0 saturated heterocycles. The van der Waals surface area contributed by atoms with Gasteiger partial charge in [-0.2, -0.15) is 5.26 Å². The lowest BCUT2D eigenvalue weighted by atomic mass is 9.76. The molecule has 0 spiro atoms. The number of carboxylic acid groups (broad SMARTS) is 1. The Labute approximate surface area is 168 Å². The molecule has 0 bridgehead atoms. The summed E-state index contributed by atoms with van der Waals surface area (Å²) in [7, 11) is 0. The highest BCUT2D eigenvalue weighted by Gasteiger charge is 2.25. The van der Waals surface area contributed by atoms with Crippen LogP contribution in [-0.2, 0) is 11.2 Å². The summed E-state index contributed by atoms with van der Waals surface area (Å²) in [5, 5.41) is 28.0. The average Bonchev–Trinajstić information content (AvgIpc) is 3.17. The van der Waals surface area contributed by atoms with E-state index in [9.17, 15) is 14.7 Å². The Hall–Kier alpha value is -3.24. The van der Waals surface area contributed by atoms with Crippen LogP contribution in [0.1, 0.15) is 72.2 Å². The molecule has 3 rings (SSSR count). The molecule has 0 fully saturated rings. The molecule has 1 atom stereocenters. The van der Waals surface area contributed by atoms with Gasteiger partial charge in [0.2, 0.25) is 5.78 Å². The molecule has 1 unspecified atom stereocenters. The number of ketones is 1. The molecule has 29 heavy (non-hydrogen) atoms. The zero-order valence-corrected chi connectivity index (χ0v) is 16.4. The van der Waals surface area contributed by atoms with Crippen molar-refractivity contribution in [2.24, 2.45) is 5.41 Å². The molecule has 1 aliphatic carbocycles. The Bertz CT molecular complexity index is 1030. The van der Waals surface area contributed by atoms with Gasteiger partial charge in [0.1, 0.15) is 11.8 Å². The molecule has 0 amide bonds. The van der Waals surface area contributed by atoms with Gasteiger partial charge in [-0.3, -0.25) is 4.79 Å². The van der Waals surface area contributed by atoms with E-state index in [2.05, 4.69) is 29.9 Å². The van der Waals surface area contributed by atoms with Crippen molar-refractivity contribution in [2.45, 2.75) is 45.6 Å². The third kappa shape index (κ3) is 4.61. The van der Waals surface area contributed by atoms with Crippen LogP contribution in [0.15, 0.2) is 30.5 Å². The van der Waals surface area contributed by atoms with Gasteiger partial charge in [-0.25, -0.2) is 9.78 Å². The van der Waals surface area contributed by atoms with Crippen molar-refractivity contribution in [3.05, 3.63) is 58.7 Å². The number of hydrogen-bond donors (Lipinski definition) is 3. The van der Waals surface area contributed by atoms with Crippen molar-refractivity contribution in [1.29, 1.82) is 5.26 Å². The predicted octanol–water partition coefficient (Wildman–Crippen LogP) is 3.42. The van der Waals surface area contributed by atoms with Crippen LogP contribution in [0.25, 0.3) is 5.57 Å². The fourth-order valence-electron chi connectivity index (χ4n) is 3.46. The van der Waals surface area contributed by atoms with Gasteiger partial charge in [0.05, 0.1) is 6.20 Å². The molecule has 0 radical (unpaired) electrons. The van der Waals surface area contributed by atoms with Crippen molar-refractivity contribution in [3.63, 3.8) is 0 Å². The van der Waals surface area contributed by atoms with E-state index in [0.29, 0.717) is 0 Å². The van der Waals surface area contributed by atoms with E-state index in [0.717, 1.165) is 36.0 Å². The van der Waals surface area contributed by atoms with Gasteiger partial charge in [0, 0.05) is 6.42 Å². The maximum atomic E-state index is 12.6. The van der Waals surface area contributed by atoms with Crippen LogP contribution < -0.4 is 0 Å². The van der Waals surface area contributed by atoms with Crippen LogP contribution in [0.5, 0.6) is 0 Å². The Morgan fingerprint density at radius 2 is 2.14 bits per heavy atom. The first-order valence-corrected chi connectivity index (χ1v) is 9.41. The molecule has 150 valence electrons. The summed E-state index contributed by atoms with van der Waals surface area (Å²) >= 11 is 0. The lowest BCUT2D eigenvalue weighted by Gasteiger charge is -2.29. The highest BCUT2D eigenvalue weighted by molar-refractivity contribution is 5.95. The van der Waals surface area contributed by atoms with Crippen LogP contribution in [0, 0.1) is 16.7 Å². The number of nitrogens with zero attached hydrogens (tertiary/aromatic N) is 2. The molecule has 1 heterocycles. The maximum Gasteiger partial charge on any atom is 0.337 e. The van der Waals surface area contributed by atoms with Gasteiger partial charge >= 0.3 is 5.97 Å². The highest BCUT2D eigenvalue weighted by atomic mass is 16.4. The van der Waals surface area contributed by atoms with Crippen molar-refractivity contribution in [3.8, 4) is 6.07 Å². The van der Waals surface area contributed by atoms with E-state index in [-0.39, 0.29) is 34.7 Å².